The van der Waals surface area contributed by atoms with Gasteiger partial charge in [0.15, 0.2) is 0 Å². The molecule has 0 aliphatic rings. The molecule has 1 aromatic heterocycles. The van der Waals surface area contributed by atoms with Crippen molar-refractivity contribution in [3.8, 4) is 0 Å². The van der Waals surface area contributed by atoms with Gasteiger partial charge in [0.1, 0.15) is 5.82 Å². The zero-order valence-corrected chi connectivity index (χ0v) is 8.09. The van der Waals surface area contributed by atoms with Gasteiger partial charge in [0.05, 0.1) is 0 Å². The van der Waals surface area contributed by atoms with Crippen LogP contribution in [0.1, 0.15) is 17.1 Å². The minimum atomic E-state index is 0.814. The van der Waals surface area contributed by atoms with E-state index in [-0.39, 0.29) is 0 Å². The fourth-order valence-electron chi connectivity index (χ4n) is 0.824. The zero-order valence-electron chi connectivity index (χ0n) is 6.50. The molecule has 0 saturated carbocycles. The Hall–Kier alpha value is -0.700. The summed E-state index contributed by atoms with van der Waals surface area (Å²) >= 11 is 3.20. The molecule has 0 radical (unpaired) electrons. The lowest BCUT2D eigenvalue weighted by Gasteiger charge is -1.98. The smallest absolute Gasteiger partial charge is 0.125 e. The molecule has 0 unspecified atom stereocenters. The first kappa shape index (κ1) is 8.40. The summed E-state index contributed by atoms with van der Waals surface area (Å²) in [6, 6.07) is 0. The Morgan fingerprint density at radius 1 is 1.45 bits per heavy atom. The largest absolute Gasteiger partial charge is 0.241 e. The SMILES string of the molecule is Cc1ncc(/C=C/Br)c(C)n1. The van der Waals surface area contributed by atoms with Crippen molar-refractivity contribution in [1.82, 2.24) is 9.97 Å². The van der Waals surface area contributed by atoms with Crippen LogP contribution in [0, 0.1) is 13.8 Å². The van der Waals surface area contributed by atoms with Crippen LogP contribution in [0.15, 0.2) is 11.2 Å². The van der Waals surface area contributed by atoms with Gasteiger partial charge in [-0.3, -0.25) is 0 Å². The summed E-state index contributed by atoms with van der Waals surface area (Å²) in [5, 5.41) is 0. The topological polar surface area (TPSA) is 25.8 Å². The first-order valence-electron chi connectivity index (χ1n) is 3.31. The molecule has 58 valence electrons. The Morgan fingerprint density at radius 2 is 2.18 bits per heavy atom. The molecule has 2 nitrogen and oxygen atoms in total. The van der Waals surface area contributed by atoms with Crippen LogP contribution in [0.5, 0.6) is 0 Å². The maximum absolute atomic E-state index is 4.21. The lowest BCUT2D eigenvalue weighted by Crippen LogP contribution is -1.92. The molecule has 0 bridgehead atoms. The van der Waals surface area contributed by atoms with Crippen molar-refractivity contribution in [2.75, 3.05) is 0 Å². The second kappa shape index (κ2) is 3.62. The summed E-state index contributed by atoms with van der Waals surface area (Å²) in [6.45, 7) is 3.85. The third kappa shape index (κ3) is 2.12. The van der Waals surface area contributed by atoms with Gasteiger partial charge in [0.2, 0.25) is 0 Å². The molecule has 0 amide bonds. The lowest BCUT2D eigenvalue weighted by atomic mass is 10.2. The Balaban J connectivity index is 3.09. The number of nitrogens with zero attached hydrogens (tertiary/aromatic N) is 2. The van der Waals surface area contributed by atoms with Crippen molar-refractivity contribution in [3.05, 3.63) is 28.3 Å². The van der Waals surface area contributed by atoms with E-state index in [4.69, 9.17) is 0 Å². The van der Waals surface area contributed by atoms with Crippen LogP contribution in [0.4, 0.5) is 0 Å². The summed E-state index contributed by atoms with van der Waals surface area (Å²) in [5.41, 5.74) is 2.06. The van der Waals surface area contributed by atoms with Gasteiger partial charge in [0.25, 0.3) is 0 Å². The molecule has 0 aliphatic carbocycles. The molecule has 3 heteroatoms. The van der Waals surface area contributed by atoms with E-state index in [1.54, 1.807) is 4.99 Å². The quantitative estimate of drug-likeness (QED) is 0.715. The van der Waals surface area contributed by atoms with Crippen LogP contribution in [-0.4, -0.2) is 9.97 Å². The van der Waals surface area contributed by atoms with Gasteiger partial charge in [-0.25, -0.2) is 9.97 Å². The molecule has 0 fully saturated rings. The number of halogens is 1. The van der Waals surface area contributed by atoms with Crippen LogP contribution in [-0.2, 0) is 0 Å². The molecule has 1 rings (SSSR count). The van der Waals surface area contributed by atoms with E-state index in [0.717, 1.165) is 17.1 Å². The Labute approximate surface area is 74.5 Å². The van der Waals surface area contributed by atoms with Crippen molar-refractivity contribution < 1.29 is 0 Å². The van der Waals surface area contributed by atoms with Crippen molar-refractivity contribution in [2.45, 2.75) is 13.8 Å². The summed E-state index contributed by atoms with van der Waals surface area (Å²) in [6.07, 6.45) is 3.74. The number of aromatic nitrogens is 2. The predicted molar refractivity (Wildman–Crippen MR) is 49.5 cm³/mol. The van der Waals surface area contributed by atoms with Gasteiger partial charge >= 0.3 is 0 Å². The average molecular weight is 213 g/mol. The van der Waals surface area contributed by atoms with Crippen molar-refractivity contribution in [2.24, 2.45) is 0 Å². The van der Waals surface area contributed by atoms with E-state index < -0.39 is 0 Å². The van der Waals surface area contributed by atoms with Gasteiger partial charge in [-0.1, -0.05) is 15.9 Å². The molecule has 0 N–H and O–H groups in total. The highest BCUT2D eigenvalue weighted by atomic mass is 79.9. The second-order valence-corrected chi connectivity index (χ2v) is 2.78. The van der Waals surface area contributed by atoms with Crippen LogP contribution in [0.3, 0.4) is 0 Å². The average Bonchev–Trinajstić information content (AvgIpc) is 1.95. The monoisotopic (exact) mass is 212 g/mol. The van der Waals surface area contributed by atoms with E-state index >= 15 is 0 Å². The molecular formula is C8H9BrN2. The number of rotatable bonds is 1. The van der Waals surface area contributed by atoms with Crippen LogP contribution in [0.2, 0.25) is 0 Å². The third-order valence-electron chi connectivity index (χ3n) is 1.38. The maximum Gasteiger partial charge on any atom is 0.125 e. The summed E-state index contributed by atoms with van der Waals surface area (Å²) in [4.78, 5) is 10.1. The molecule has 0 aromatic carbocycles. The van der Waals surface area contributed by atoms with Gasteiger partial charge in [-0.2, -0.15) is 0 Å². The van der Waals surface area contributed by atoms with Crippen LogP contribution >= 0.6 is 15.9 Å². The predicted octanol–water partition coefficient (Wildman–Crippen LogP) is 2.46. The van der Waals surface area contributed by atoms with Crippen molar-refractivity contribution in [3.63, 3.8) is 0 Å². The van der Waals surface area contributed by atoms with E-state index in [2.05, 4.69) is 25.9 Å². The normalized spacial score (nSPS) is 10.8. The molecular weight excluding hydrogens is 204 g/mol. The van der Waals surface area contributed by atoms with Crippen LogP contribution in [0.25, 0.3) is 6.08 Å². The summed E-state index contributed by atoms with van der Waals surface area (Å²) in [5.74, 6) is 0.814. The first-order chi connectivity index (χ1) is 5.24. The molecule has 11 heavy (non-hydrogen) atoms. The first-order valence-corrected chi connectivity index (χ1v) is 4.22. The molecule has 0 spiro atoms. The van der Waals surface area contributed by atoms with Crippen molar-refractivity contribution >= 4 is 22.0 Å². The molecule has 0 atom stereocenters. The molecule has 0 saturated heterocycles. The third-order valence-corrected chi connectivity index (χ3v) is 1.64. The standard InChI is InChI=1S/C8H9BrN2/c1-6-8(3-4-9)5-10-7(2)11-6/h3-5H,1-2H3/b4-3+. The minimum absolute atomic E-state index is 0.814. The van der Waals surface area contributed by atoms with E-state index in [9.17, 15) is 0 Å². The number of hydrogen-bond donors (Lipinski definition) is 0. The maximum atomic E-state index is 4.21. The Kier molecular flexibility index (Phi) is 2.76. The van der Waals surface area contributed by atoms with Crippen molar-refractivity contribution in [1.29, 1.82) is 0 Å². The van der Waals surface area contributed by atoms with Gasteiger partial charge in [-0.05, 0) is 24.9 Å². The highest BCUT2D eigenvalue weighted by molar-refractivity contribution is 9.11. The molecule has 1 aromatic rings. The van der Waals surface area contributed by atoms with E-state index in [1.807, 2.05) is 26.1 Å². The molecule has 0 aliphatic heterocycles. The van der Waals surface area contributed by atoms with E-state index in [1.165, 1.54) is 0 Å². The summed E-state index contributed by atoms with van der Waals surface area (Å²) < 4.78 is 0. The number of hydrogen-bond acceptors (Lipinski definition) is 2. The minimum Gasteiger partial charge on any atom is -0.241 e. The fourth-order valence-corrected chi connectivity index (χ4v) is 1.11. The molecule has 1 heterocycles. The van der Waals surface area contributed by atoms with Gasteiger partial charge < -0.3 is 0 Å². The lowest BCUT2D eigenvalue weighted by molar-refractivity contribution is 1.00. The summed E-state index contributed by atoms with van der Waals surface area (Å²) in [7, 11) is 0. The highest BCUT2D eigenvalue weighted by Crippen LogP contribution is 2.06. The fraction of sp³-hybridized carbons (Fsp3) is 0.250. The van der Waals surface area contributed by atoms with Crippen LogP contribution < -0.4 is 0 Å². The van der Waals surface area contributed by atoms with E-state index in [0.29, 0.717) is 0 Å². The Morgan fingerprint density at radius 3 is 2.73 bits per heavy atom. The number of aryl methyl sites for hydroxylation is 2. The second-order valence-electron chi connectivity index (χ2n) is 2.25. The zero-order chi connectivity index (χ0) is 8.27. The highest BCUT2D eigenvalue weighted by Gasteiger charge is 1.95. The van der Waals surface area contributed by atoms with Gasteiger partial charge in [0, 0.05) is 17.5 Å². The Bertz CT molecular complexity index is 281. The van der Waals surface area contributed by atoms with Gasteiger partial charge in [-0.15, -0.1) is 0 Å².